The Morgan fingerprint density at radius 1 is 1.06 bits per heavy atom. The van der Waals surface area contributed by atoms with Crippen LogP contribution in [0.4, 0.5) is 4.79 Å². The lowest BCUT2D eigenvalue weighted by Crippen LogP contribution is -2.27. The van der Waals surface area contributed by atoms with Crippen LogP contribution >= 0.6 is 57.6 Å². The predicted octanol–water partition coefficient (Wildman–Crippen LogP) is 7.06. The van der Waals surface area contributed by atoms with E-state index in [0.717, 1.165) is 16.7 Å². The lowest BCUT2D eigenvalue weighted by molar-refractivity contribution is -0.123. The summed E-state index contributed by atoms with van der Waals surface area (Å²) in [7, 11) is 1.44. The molecule has 6 nitrogen and oxygen atoms in total. The quantitative estimate of drug-likeness (QED) is 0.124. The Balaban J connectivity index is 1.58. The van der Waals surface area contributed by atoms with Crippen LogP contribution in [0.1, 0.15) is 21.5 Å². The molecule has 0 spiro atoms. The van der Waals surface area contributed by atoms with Crippen molar-refractivity contribution in [3.63, 3.8) is 0 Å². The fourth-order valence-electron chi connectivity index (χ4n) is 3.28. The van der Waals surface area contributed by atoms with Gasteiger partial charge in [-0.1, -0.05) is 53.5 Å². The molecule has 1 aliphatic heterocycles. The number of amides is 2. The molecule has 1 fully saturated rings. The number of rotatable bonds is 6. The second-order valence-corrected chi connectivity index (χ2v) is 10.2. The second-order valence-electron chi connectivity index (χ2n) is 7.26. The third kappa shape index (κ3) is 5.66. The van der Waals surface area contributed by atoms with Crippen LogP contribution in [0.15, 0.2) is 65.6 Å². The maximum Gasteiger partial charge on any atom is 0.345 e. The van der Waals surface area contributed by atoms with Crippen LogP contribution in [-0.2, 0) is 11.3 Å². The van der Waals surface area contributed by atoms with E-state index in [4.69, 9.17) is 32.7 Å². The number of thioether (sulfide) groups is 1. The van der Waals surface area contributed by atoms with E-state index in [1.165, 1.54) is 7.11 Å². The van der Waals surface area contributed by atoms with E-state index in [0.29, 0.717) is 25.5 Å². The standard InChI is InChI=1S/C25H16Cl2INO5S/c1-33-20-11-14(10-19(28)22(20)34-24(31)16-7-3-5-9-18(16)27)12-21-23(30)29(25(32)35-21)13-15-6-2-4-8-17(15)26/h2-12H,13H2,1H3/b21-12-. The molecule has 0 aromatic heterocycles. The molecular weight excluding hydrogens is 624 g/mol. The maximum absolute atomic E-state index is 12.9. The summed E-state index contributed by atoms with van der Waals surface area (Å²) in [5.74, 6) is -0.524. The topological polar surface area (TPSA) is 72.9 Å². The van der Waals surface area contributed by atoms with Gasteiger partial charge in [-0.2, -0.15) is 0 Å². The summed E-state index contributed by atoms with van der Waals surface area (Å²) >= 11 is 15.1. The van der Waals surface area contributed by atoms with Gasteiger partial charge in [0.1, 0.15) is 0 Å². The average molecular weight is 640 g/mol. The third-order valence-electron chi connectivity index (χ3n) is 5.00. The van der Waals surface area contributed by atoms with Crippen LogP contribution in [0.25, 0.3) is 6.08 Å². The Kier molecular flexibility index (Phi) is 8.05. The molecule has 0 radical (unpaired) electrons. The van der Waals surface area contributed by atoms with Crippen molar-refractivity contribution < 1.29 is 23.9 Å². The summed E-state index contributed by atoms with van der Waals surface area (Å²) in [5.41, 5.74) is 1.51. The second kappa shape index (κ2) is 11.0. The largest absolute Gasteiger partial charge is 0.493 e. The molecule has 0 atom stereocenters. The monoisotopic (exact) mass is 639 g/mol. The Morgan fingerprint density at radius 3 is 2.43 bits per heavy atom. The maximum atomic E-state index is 12.9. The van der Waals surface area contributed by atoms with Gasteiger partial charge in [-0.25, -0.2) is 4.79 Å². The summed E-state index contributed by atoms with van der Waals surface area (Å²) < 4.78 is 11.6. The van der Waals surface area contributed by atoms with Crippen LogP contribution in [0, 0.1) is 3.57 Å². The summed E-state index contributed by atoms with van der Waals surface area (Å²) in [6, 6.07) is 17.0. The number of halogens is 3. The smallest absolute Gasteiger partial charge is 0.345 e. The van der Waals surface area contributed by atoms with Crippen molar-refractivity contribution in [2.45, 2.75) is 6.54 Å². The molecule has 1 aliphatic rings. The number of esters is 1. The highest BCUT2D eigenvalue weighted by Crippen LogP contribution is 2.38. The van der Waals surface area contributed by atoms with Crippen molar-refractivity contribution in [2.24, 2.45) is 0 Å². The molecule has 0 N–H and O–H groups in total. The summed E-state index contributed by atoms with van der Waals surface area (Å²) in [5, 5.41) is 0.375. The zero-order valence-electron chi connectivity index (χ0n) is 18.1. The first-order valence-corrected chi connectivity index (χ1v) is 12.8. The van der Waals surface area contributed by atoms with E-state index in [2.05, 4.69) is 0 Å². The molecule has 4 rings (SSSR count). The van der Waals surface area contributed by atoms with Gasteiger partial charge in [0.2, 0.25) is 0 Å². The lowest BCUT2D eigenvalue weighted by Gasteiger charge is -2.14. The van der Waals surface area contributed by atoms with Crippen molar-refractivity contribution in [1.82, 2.24) is 4.90 Å². The van der Waals surface area contributed by atoms with Gasteiger partial charge >= 0.3 is 5.97 Å². The van der Waals surface area contributed by atoms with Crippen LogP contribution in [0.2, 0.25) is 10.0 Å². The minimum Gasteiger partial charge on any atom is -0.493 e. The van der Waals surface area contributed by atoms with Crippen LogP contribution in [0.3, 0.4) is 0 Å². The number of ether oxygens (including phenoxy) is 2. The Labute approximate surface area is 229 Å². The van der Waals surface area contributed by atoms with Gasteiger partial charge in [-0.15, -0.1) is 0 Å². The molecule has 0 bridgehead atoms. The third-order valence-corrected chi connectivity index (χ3v) is 7.40. The first-order valence-electron chi connectivity index (χ1n) is 10.1. The van der Waals surface area contributed by atoms with Crippen molar-refractivity contribution in [2.75, 3.05) is 7.11 Å². The minimum absolute atomic E-state index is 0.0828. The van der Waals surface area contributed by atoms with Crippen LogP contribution in [0.5, 0.6) is 11.5 Å². The molecule has 178 valence electrons. The Hall–Kier alpha value is -2.53. The fourth-order valence-corrected chi connectivity index (χ4v) is 5.26. The number of nitrogens with zero attached hydrogens (tertiary/aromatic N) is 1. The highest BCUT2D eigenvalue weighted by Gasteiger charge is 2.35. The van der Waals surface area contributed by atoms with Crippen molar-refractivity contribution >= 4 is 80.7 Å². The summed E-state index contributed by atoms with van der Waals surface area (Å²) in [4.78, 5) is 39.5. The lowest BCUT2D eigenvalue weighted by atomic mass is 10.1. The molecule has 10 heteroatoms. The molecule has 0 aliphatic carbocycles. The van der Waals surface area contributed by atoms with Gasteiger partial charge in [-0.05, 0) is 81.9 Å². The number of imide groups is 1. The van der Waals surface area contributed by atoms with E-state index in [1.807, 2.05) is 22.6 Å². The molecule has 1 heterocycles. The van der Waals surface area contributed by atoms with E-state index < -0.39 is 11.9 Å². The Morgan fingerprint density at radius 2 is 1.74 bits per heavy atom. The molecule has 3 aromatic rings. The average Bonchev–Trinajstić information content (AvgIpc) is 3.09. The van der Waals surface area contributed by atoms with Gasteiger partial charge < -0.3 is 9.47 Å². The van der Waals surface area contributed by atoms with E-state index in [9.17, 15) is 14.4 Å². The summed E-state index contributed by atoms with van der Waals surface area (Å²) in [6.07, 6.45) is 1.60. The number of hydrogen-bond acceptors (Lipinski definition) is 6. The highest BCUT2D eigenvalue weighted by molar-refractivity contribution is 14.1. The molecular formula is C25H16Cl2INO5S. The molecule has 0 unspecified atom stereocenters. The normalized spacial score (nSPS) is 14.5. The number of methoxy groups -OCH3 is 1. The molecule has 35 heavy (non-hydrogen) atoms. The summed E-state index contributed by atoms with van der Waals surface area (Å²) in [6.45, 7) is 0.0828. The number of hydrogen-bond donors (Lipinski definition) is 0. The number of benzene rings is 3. The van der Waals surface area contributed by atoms with Crippen molar-refractivity contribution in [3.05, 3.63) is 95.9 Å². The minimum atomic E-state index is -0.625. The molecule has 1 saturated heterocycles. The van der Waals surface area contributed by atoms with Crippen LogP contribution in [-0.4, -0.2) is 29.1 Å². The zero-order chi connectivity index (χ0) is 25.1. The van der Waals surface area contributed by atoms with Gasteiger partial charge in [-0.3, -0.25) is 14.5 Å². The van der Waals surface area contributed by atoms with E-state index >= 15 is 0 Å². The van der Waals surface area contributed by atoms with Gasteiger partial charge in [0.05, 0.1) is 32.7 Å². The zero-order valence-corrected chi connectivity index (χ0v) is 22.6. The van der Waals surface area contributed by atoms with E-state index in [-0.39, 0.29) is 33.0 Å². The first kappa shape index (κ1) is 25.6. The molecule has 2 amide bonds. The number of carbonyl (C=O) groups excluding carboxylic acids is 3. The van der Waals surface area contributed by atoms with Gasteiger partial charge in [0, 0.05) is 5.02 Å². The molecule has 0 saturated carbocycles. The molecule has 3 aromatic carbocycles. The van der Waals surface area contributed by atoms with Gasteiger partial charge in [0.15, 0.2) is 11.5 Å². The van der Waals surface area contributed by atoms with Gasteiger partial charge in [0.25, 0.3) is 11.1 Å². The predicted molar refractivity (Wildman–Crippen MR) is 145 cm³/mol. The highest BCUT2D eigenvalue weighted by atomic mass is 127. The SMILES string of the molecule is COc1cc(/C=C2\SC(=O)N(Cc3ccccc3Cl)C2=O)cc(I)c1OC(=O)c1ccccc1Cl. The van der Waals surface area contributed by atoms with Crippen molar-refractivity contribution in [1.29, 1.82) is 0 Å². The first-order chi connectivity index (χ1) is 16.8. The Bertz CT molecular complexity index is 1380. The van der Waals surface area contributed by atoms with Crippen molar-refractivity contribution in [3.8, 4) is 11.5 Å². The number of carbonyl (C=O) groups is 3. The fraction of sp³-hybridized carbons (Fsp3) is 0.0800. The van der Waals surface area contributed by atoms with E-state index in [1.54, 1.807) is 66.7 Å². The van der Waals surface area contributed by atoms with Crippen LogP contribution < -0.4 is 9.47 Å².